The third-order valence-corrected chi connectivity index (χ3v) is 7.04. The van der Waals surface area contributed by atoms with Gasteiger partial charge in [0.2, 0.25) is 5.91 Å². The van der Waals surface area contributed by atoms with Crippen molar-refractivity contribution in [2.45, 2.75) is 32.1 Å². The lowest BCUT2D eigenvalue weighted by Crippen LogP contribution is -2.43. The Morgan fingerprint density at radius 1 is 1.18 bits per heavy atom. The van der Waals surface area contributed by atoms with Gasteiger partial charge in [-0.15, -0.1) is 11.3 Å². The molecular weight excluding hydrogens is 372 g/mol. The number of rotatable bonds is 6. The third kappa shape index (κ3) is 4.10. The number of nitrogens with zero attached hydrogens (tertiary/aromatic N) is 3. The number of nitrogens with one attached hydrogen (secondary N) is 1. The molecule has 0 aliphatic carbocycles. The largest absolute Gasteiger partial charge is 0.356 e. The molecular formula is C21H30N4O2S. The minimum atomic E-state index is 0.0349. The maximum atomic E-state index is 12.9. The Balaban J connectivity index is 1.22. The summed E-state index contributed by atoms with van der Waals surface area (Å²) >= 11 is 1.66. The second kappa shape index (κ2) is 8.66. The summed E-state index contributed by atoms with van der Waals surface area (Å²) in [5, 5.41) is 5.15. The van der Waals surface area contributed by atoms with Crippen molar-refractivity contribution in [2.24, 2.45) is 13.0 Å². The number of amides is 2. The number of carbonyl (C=O) groups is 2. The fourth-order valence-corrected chi connectivity index (χ4v) is 5.28. The predicted octanol–water partition coefficient (Wildman–Crippen LogP) is 2.69. The van der Waals surface area contributed by atoms with E-state index in [0.29, 0.717) is 13.1 Å². The lowest BCUT2D eigenvalue weighted by molar-refractivity contribution is -0.126. The first-order valence-corrected chi connectivity index (χ1v) is 11.3. The van der Waals surface area contributed by atoms with E-state index in [9.17, 15) is 9.59 Å². The van der Waals surface area contributed by atoms with Gasteiger partial charge in [-0.25, -0.2) is 0 Å². The highest BCUT2D eigenvalue weighted by molar-refractivity contribution is 7.17. The molecule has 0 spiro atoms. The van der Waals surface area contributed by atoms with Crippen molar-refractivity contribution in [1.82, 2.24) is 19.7 Å². The summed E-state index contributed by atoms with van der Waals surface area (Å²) in [4.78, 5) is 29.7. The summed E-state index contributed by atoms with van der Waals surface area (Å²) in [6.45, 7) is 5.57. The van der Waals surface area contributed by atoms with Crippen LogP contribution >= 0.6 is 11.3 Å². The number of hydrogen-bond acceptors (Lipinski definition) is 4. The van der Waals surface area contributed by atoms with E-state index in [-0.39, 0.29) is 17.7 Å². The van der Waals surface area contributed by atoms with Crippen LogP contribution in [0.15, 0.2) is 17.5 Å². The fourth-order valence-electron chi connectivity index (χ4n) is 4.43. The van der Waals surface area contributed by atoms with Gasteiger partial charge in [0.25, 0.3) is 5.91 Å². The van der Waals surface area contributed by atoms with Gasteiger partial charge >= 0.3 is 0 Å². The molecule has 0 aromatic carbocycles. The lowest BCUT2D eigenvalue weighted by Gasteiger charge is -2.31. The summed E-state index contributed by atoms with van der Waals surface area (Å²) < 4.78 is 3.13. The highest BCUT2D eigenvalue weighted by atomic mass is 32.1. The van der Waals surface area contributed by atoms with E-state index in [2.05, 4.69) is 16.3 Å². The average Bonchev–Trinajstić information content (AvgIpc) is 3.44. The molecule has 4 rings (SSSR count). The molecule has 2 aliphatic heterocycles. The van der Waals surface area contributed by atoms with E-state index in [1.807, 2.05) is 28.0 Å². The summed E-state index contributed by atoms with van der Waals surface area (Å²) in [5.74, 6) is 0.274. The molecule has 2 aliphatic rings. The molecule has 0 radical (unpaired) electrons. The van der Waals surface area contributed by atoms with Gasteiger partial charge < -0.3 is 19.7 Å². The van der Waals surface area contributed by atoms with Crippen LogP contribution in [0.2, 0.25) is 0 Å². The van der Waals surface area contributed by atoms with Crippen molar-refractivity contribution in [3.8, 4) is 0 Å². The number of fused-ring (bicyclic) bond motifs is 1. The van der Waals surface area contributed by atoms with E-state index in [0.717, 1.165) is 48.3 Å². The highest BCUT2D eigenvalue weighted by Crippen LogP contribution is 2.26. The molecule has 0 saturated carbocycles. The molecule has 7 heteroatoms. The van der Waals surface area contributed by atoms with Gasteiger partial charge in [0.15, 0.2) is 0 Å². The van der Waals surface area contributed by atoms with E-state index in [1.54, 1.807) is 11.3 Å². The molecule has 28 heavy (non-hydrogen) atoms. The number of aryl methyl sites for hydroxylation is 1. The Kier molecular flexibility index (Phi) is 6.01. The minimum Gasteiger partial charge on any atom is -0.356 e. The van der Waals surface area contributed by atoms with E-state index >= 15 is 0 Å². The number of likely N-dealkylation sites (tertiary alicyclic amines) is 2. The summed E-state index contributed by atoms with van der Waals surface area (Å²) in [6.07, 6.45) is 5.15. The van der Waals surface area contributed by atoms with Gasteiger partial charge in [-0.05, 0) is 69.3 Å². The first-order valence-electron chi connectivity index (χ1n) is 10.5. The van der Waals surface area contributed by atoms with Crippen molar-refractivity contribution in [3.05, 3.63) is 23.2 Å². The third-order valence-electron chi connectivity index (χ3n) is 6.19. The van der Waals surface area contributed by atoms with Gasteiger partial charge in [-0.3, -0.25) is 9.59 Å². The molecule has 2 fully saturated rings. The van der Waals surface area contributed by atoms with Crippen molar-refractivity contribution in [1.29, 1.82) is 0 Å². The van der Waals surface area contributed by atoms with E-state index in [4.69, 9.17) is 0 Å². The standard InChI is InChI=1S/C21H30N4O2S/c1-23-17-7-14-28-19(17)15-18(23)21(27)25-12-5-16(6-13-25)20(26)22-8-4-11-24-9-2-3-10-24/h7,14-16H,2-6,8-13H2,1H3,(H,22,26). The summed E-state index contributed by atoms with van der Waals surface area (Å²) in [5.41, 5.74) is 1.85. The zero-order valence-electron chi connectivity index (χ0n) is 16.7. The van der Waals surface area contributed by atoms with Gasteiger partial charge in [-0.2, -0.15) is 0 Å². The van der Waals surface area contributed by atoms with Crippen LogP contribution < -0.4 is 5.32 Å². The Bertz CT molecular complexity index is 829. The van der Waals surface area contributed by atoms with Gasteiger partial charge in [0.1, 0.15) is 5.69 Å². The Morgan fingerprint density at radius 2 is 1.93 bits per heavy atom. The second-order valence-corrected chi connectivity index (χ2v) is 8.97. The molecule has 2 saturated heterocycles. The van der Waals surface area contributed by atoms with E-state index in [1.165, 1.54) is 25.9 Å². The number of piperidine rings is 1. The molecule has 0 atom stereocenters. The maximum Gasteiger partial charge on any atom is 0.270 e. The molecule has 6 nitrogen and oxygen atoms in total. The molecule has 2 aromatic rings. The highest BCUT2D eigenvalue weighted by Gasteiger charge is 2.29. The van der Waals surface area contributed by atoms with Crippen molar-refractivity contribution in [3.63, 3.8) is 0 Å². The van der Waals surface area contributed by atoms with Crippen LogP contribution in [0.5, 0.6) is 0 Å². The van der Waals surface area contributed by atoms with Crippen molar-refractivity contribution >= 4 is 33.4 Å². The minimum absolute atomic E-state index is 0.0349. The van der Waals surface area contributed by atoms with Crippen LogP contribution in [0.4, 0.5) is 0 Å². The van der Waals surface area contributed by atoms with E-state index < -0.39 is 0 Å². The lowest BCUT2D eigenvalue weighted by atomic mass is 9.95. The average molecular weight is 403 g/mol. The van der Waals surface area contributed by atoms with Crippen LogP contribution in [0.3, 0.4) is 0 Å². The first-order chi connectivity index (χ1) is 13.6. The van der Waals surface area contributed by atoms with Gasteiger partial charge in [0, 0.05) is 32.6 Å². The smallest absolute Gasteiger partial charge is 0.270 e. The van der Waals surface area contributed by atoms with Crippen molar-refractivity contribution < 1.29 is 9.59 Å². The normalized spacial score (nSPS) is 18.8. The fraction of sp³-hybridized carbons (Fsp3) is 0.619. The molecule has 0 bridgehead atoms. The van der Waals surface area contributed by atoms with Crippen LogP contribution in [0, 0.1) is 5.92 Å². The molecule has 2 amide bonds. The molecule has 1 N–H and O–H groups in total. The zero-order valence-corrected chi connectivity index (χ0v) is 17.5. The zero-order chi connectivity index (χ0) is 19.5. The Hall–Kier alpha value is -1.86. The number of hydrogen-bond donors (Lipinski definition) is 1. The SMILES string of the molecule is Cn1c(C(=O)N2CCC(C(=O)NCCCN3CCCC3)CC2)cc2sccc21. The molecule has 152 valence electrons. The topological polar surface area (TPSA) is 57.6 Å². The quantitative estimate of drug-likeness (QED) is 0.756. The summed E-state index contributed by atoms with van der Waals surface area (Å²) in [7, 11) is 1.95. The summed E-state index contributed by atoms with van der Waals surface area (Å²) in [6, 6.07) is 4.04. The number of carbonyl (C=O) groups excluding carboxylic acids is 2. The van der Waals surface area contributed by atoms with Crippen LogP contribution in [0.25, 0.3) is 10.2 Å². The first kappa shape index (κ1) is 19.5. The monoisotopic (exact) mass is 402 g/mol. The Morgan fingerprint density at radius 3 is 2.64 bits per heavy atom. The predicted molar refractivity (Wildman–Crippen MR) is 113 cm³/mol. The molecule has 0 unspecified atom stereocenters. The molecule has 2 aromatic heterocycles. The maximum absolute atomic E-state index is 12.9. The number of aromatic nitrogens is 1. The van der Waals surface area contributed by atoms with Crippen molar-refractivity contribution in [2.75, 3.05) is 39.3 Å². The molecule has 4 heterocycles. The number of thiophene rings is 1. The van der Waals surface area contributed by atoms with Gasteiger partial charge in [-0.1, -0.05) is 0 Å². The van der Waals surface area contributed by atoms with Crippen LogP contribution in [0.1, 0.15) is 42.6 Å². The Labute approximate surface area is 170 Å². The van der Waals surface area contributed by atoms with Crippen LogP contribution in [-0.2, 0) is 11.8 Å². The van der Waals surface area contributed by atoms with Crippen LogP contribution in [-0.4, -0.2) is 65.4 Å². The van der Waals surface area contributed by atoms with Gasteiger partial charge in [0.05, 0.1) is 10.2 Å². The second-order valence-electron chi connectivity index (χ2n) is 8.02.